The molecule has 3 nitrogen and oxygen atoms in total. The Kier molecular flexibility index (Phi) is 3.75. The van der Waals surface area contributed by atoms with Gasteiger partial charge in [0.15, 0.2) is 5.78 Å². The number of carbonyl (C=O) groups is 1. The summed E-state index contributed by atoms with van der Waals surface area (Å²) < 4.78 is 5.67. The van der Waals surface area contributed by atoms with Gasteiger partial charge in [-0.2, -0.15) is 0 Å². The number of carbonyl (C=O) groups excluding carboxylic acids is 1. The molecule has 0 aromatic heterocycles. The number of aliphatic hydroxyl groups excluding tert-OH is 1. The number of rotatable bonds is 4. The van der Waals surface area contributed by atoms with E-state index in [4.69, 9.17) is 9.84 Å². The molecular formula is C15H14O3. The molecule has 0 radical (unpaired) electrons. The maximum atomic E-state index is 11.4. The minimum atomic E-state index is -0.0300. The van der Waals surface area contributed by atoms with Gasteiger partial charge in [0.25, 0.3) is 0 Å². The van der Waals surface area contributed by atoms with Crippen LogP contribution in [0.25, 0.3) is 0 Å². The van der Waals surface area contributed by atoms with Crippen LogP contribution in [-0.2, 0) is 6.61 Å². The number of benzene rings is 2. The Labute approximate surface area is 106 Å². The summed E-state index contributed by atoms with van der Waals surface area (Å²) in [4.78, 5) is 11.4. The summed E-state index contributed by atoms with van der Waals surface area (Å²) in [7, 11) is 0. The predicted octanol–water partition coefficient (Wildman–Crippen LogP) is 3.17. The highest BCUT2D eigenvalue weighted by molar-refractivity contribution is 5.96. The molecule has 2 aromatic carbocycles. The lowest BCUT2D eigenvalue weighted by Crippen LogP contribution is -1.96. The van der Waals surface area contributed by atoms with E-state index in [0.717, 1.165) is 5.56 Å². The second-order valence-corrected chi connectivity index (χ2v) is 3.96. The van der Waals surface area contributed by atoms with E-state index in [0.29, 0.717) is 17.1 Å². The molecule has 0 fully saturated rings. The molecule has 0 amide bonds. The standard InChI is InChI=1S/C15H14O3/c1-11(17)14-4-2-3-5-15(14)18-13-8-6-12(10-16)7-9-13/h2-9,16H,10H2,1H3. The summed E-state index contributed by atoms with van der Waals surface area (Å²) in [6.07, 6.45) is 0. The number of hydrogen-bond acceptors (Lipinski definition) is 3. The molecule has 2 rings (SSSR count). The van der Waals surface area contributed by atoms with Crippen molar-refractivity contribution in [3.63, 3.8) is 0 Å². The third kappa shape index (κ3) is 2.76. The Morgan fingerprint density at radius 3 is 2.39 bits per heavy atom. The molecule has 92 valence electrons. The molecule has 0 aliphatic rings. The van der Waals surface area contributed by atoms with E-state index in [-0.39, 0.29) is 12.4 Å². The monoisotopic (exact) mass is 242 g/mol. The summed E-state index contributed by atoms with van der Waals surface area (Å²) in [5.74, 6) is 1.15. The number of Topliss-reactive ketones (excluding diaryl/α,β-unsaturated/α-hetero) is 1. The lowest BCUT2D eigenvalue weighted by atomic mass is 10.1. The normalized spacial score (nSPS) is 10.1. The van der Waals surface area contributed by atoms with Gasteiger partial charge < -0.3 is 9.84 Å². The molecule has 0 unspecified atom stereocenters. The Hall–Kier alpha value is -2.13. The molecule has 0 aliphatic carbocycles. The Morgan fingerprint density at radius 1 is 1.11 bits per heavy atom. The average molecular weight is 242 g/mol. The van der Waals surface area contributed by atoms with E-state index in [2.05, 4.69) is 0 Å². The molecule has 0 bridgehead atoms. The van der Waals surface area contributed by atoms with Crippen LogP contribution in [-0.4, -0.2) is 10.9 Å². The van der Waals surface area contributed by atoms with Gasteiger partial charge in [-0.1, -0.05) is 24.3 Å². The molecular weight excluding hydrogens is 228 g/mol. The maximum Gasteiger partial charge on any atom is 0.163 e. The van der Waals surface area contributed by atoms with Gasteiger partial charge in [-0.25, -0.2) is 0 Å². The number of aliphatic hydroxyl groups is 1. The van der Waals surface area contributed by atoms with Crippen LogP contribution in [0.1, 0.15) is 22.8 Å². The zero-order valence-electron chi connectivity index (χ0n) is 10.1. The molecule has 0 aliphatic heterocycles. The number of ether oxygens (including phenoxy) is 1. The van der Waals surface area contributed by atoms with Crippen LogP contribution in [0.5, 0.6) is 11.5 Å². The Balaban J connectivity index is 2.25. The second kappa shape index (κ2) is 5.47. The quantitative estimate of drug-likeness (QED) is 0.837. The molecule has 2 aromatic rings. The van der Waals surface area contributed by atoms with Gasteiger partial charge in [-0.15, -0.1) is 0 Å². The summed E-state index contributed by atoms with van der Waals surface area (Å²) in [6, 6.07) is 14.2. The SMILES string of the molecule is CC(=O)c1ccccc1Oc1ccc(CO)cc1. The Morgan fingerprint density at radius 2 is 1.78 bits per heavy atom. The number of hydrogen-bond donors (Lipinski definition) is 1. The van der Waals surface area contributed by atoms with Crippen molar-refractivity contribution >= 4 is 5.78 Å². The summed E-state index contributed by atoms with van der Waals surface area (Å²) >= 11 is 0. The van der Waals surface area contributed by atoms with Crippen LogP contribution in [0.4, 0.5) is 0 Å². The van der Waals surface area contributed by atoms with Crippen molar-refractivity contribution in [2.75, 3.05) is 0 Å². The first-order chi connectivity index (χ1) is 8.70. The van der Waals surface area contributed by atoms with Gasteiger partial charge in [-0.05, 0) is 36.8 Å². The van der Waals surface area contributed by atoms with E-state index >= 15 is 0 Å². The first-order valence-corrected chi connectivity index (χ1v) is 5.68. The third-order valence-corrected chi connectivity index (χ3v) is 2.60. The second-order valence-electron chi connectivity index (χ2n) is 3.96. The smallest absolute Gasteiger partial charge is 0.163 e. The topological polar surface area (TPSA) is 46.5 Å². The molecule has 18 heavy (non-hydrogen) atoms. The maximum absolute atomic E-state index is 11.4. The highest BCUT2D eigenvalue weighted by Crippen LogP contribution is 2.25. The van der Waals surface area contributed by atoms with E-state index < -0.39 is 0 Å². The molecule has 0 saturated heterocycles. The van der Waals surface area contributed by atoms with Crippen LogP contribution in [0, 0.1) is 0 Å². The van der Waals surface area contributed by atoms with E-state index in [9.17, 15) is 4.79 Å². The van der Waals surface area contributed by atoms with Crippen LogP contribution in [0.3, 0.4) is 0 Å². The molecule has 1 N–H and O–H groups in total. The predicted molar refractivity (Wildman–Crippen MR) is 68.9 cm³/mol. The largest absolute Gasteiger partial charge is 0.457 e. The number of ketones is 1. The minimum Gasteiger partial charge on any atom is -0.457 e. The van der Waals surface area contributed by atoms with Crippen LogP contribution >= 0.6 is 0 Å². The summed E-state index contributed by atoms with van der Waals surface area (Å²) in [5, 5.41) is 8.95. The van der Waals surface area contributed by atoms with Crippen molar-refractivity contribution in [2.45, 2.75) is 13.5 Å². The van der Waals surface area contributed by atoms with E-state index in [1.54, 1.807) is 42.5 Å². The molecule has 0 spiro atoms. The summed E-state index contributed by atoms with van der Waals surface area (Å²) in [6.45, 7) is 1.52. The zero-order valence-corrected chi connectivity index (χ0v) is 10.1. The fourth-order valence-corrected chi connectivity index (χ4v) is 1.64. The van der Waals surface area contributed by atoms with Gasteiger partial charge in [0, 0.05) is 0 Å². The van der Waals surface area contributed by atoms with E-state index in [1.165, 1.54) is 6.92 Å². The van der Waals surface area contributed by atoms with Crippen LogP contribution in [0.15, 0.2) is 48.5 Å². The van der Waals surface area contributed by atoms with E-state index in [1.807, 2.05) is 6.07 Å². The van der Waals surface area contributed by atoms with Crippen molar-refractivity contribution in [3.05, 3.63) is 59.7 Å². The van der Waals surface area contributed by atoms with Crippen molar-refractivity contribution < 1.29 is 14.6 Å². The fraction of sp³-hybridized carbons (Fsp3) is 0.133. The van der Waals surface area contributed by atoms with Crippen LogP contribution < -0.4 is 4.74 Å². The molecule has 0 atom stereocenters. The highest BCUT2D eigenvalue weighted by atomic mass is 16.5. The zero-order chi connectivity index (χ0) is 13.0. The van der Waals surface area contributed by atoms with Crippen molar-refractivity contribution in [1.82, 2.24) is 0 Å². The van der Waals surface area contributed by atoms with Crippen molar-refractivity contribution in [1.29, 1.82) is 0 Å². The molecule has 3 heteroatoms. The van der Waals surface area contributed by atoms with Crippen molar-refractivity contribution in [2.24, 2.45) is 0 Å². The first kappa shape index (κ1) is 12.3. The summed E-state index contributed by atoms with van der Waals surface area (Å²) in [5.41, 5.74) is 1.38. The fourth-order valence-electron chi connectivity index (χ4n) is 1.64. The van der Waals surface area contributed by atoms with Gasteiger partial charge in [-0.3, -0.25) is 4.79 Å². The minimum absolute atomic E-state index is 0.00428. The first-order valence-electron chi connectivity index (χ1n) is 5.68. The molecule has 0 heterocycles. The number of para-hydroxylation sites is 1. The van der Waals surface area contributed by atoms with Gasteiger partial charge >= 0.3 is 0 Å². The Bertz CT molecular complexity index is 544. The van der Waals surface area contributed by atoms with Crippen LogP contribution in [0.2, 0.25) is 0 Å². The molecule has 0 saturated carbocycles. The average Bonchev–Trinajstić information content (AvgIpc) is 2.40. The third-order valence-electron chi connectivity index (χ3n) is 2.60. The lowest BCUT2D eigenvalue weighted by molar-refractivity contribution is 0.101. The van der Waals surface area contributed by atoms with Crippen molar-refractivity contribution in [3.8, 4) is 11.5 Å². The van der Waals surface area contributed by atoms with Gasteiger partial charge in [0.05, 0.1) is 12.2 Å². The highest BCUT2D eigenvalue weighted by Gasteiger charge is 2.08. The van der Waals surface area contributed by atoms with Gasteiger partial charge in [0.1, 0.15) is 11.5 Å². The van der Waals surface area contributed by atoms with Gasteiger partial charge in [0.2, 0.25) is 0 Å². The lowest BCUT2D eigenvalue weighted by Gasteiger charge is -2.09.